The van der Waals surface area contributed by atoms with Crippen LogP contribution in [-0.2, 0) is 4.74 Å². The molecule has 1 aliphatic rings. The lowest BCUT2D eigenvalue weighted by molar-refractivity contribution is -0.277. The Morgan fingerprint density at radius 3 is 2.37 bits per heavy atom. The van der Waals surface area contributed by atoms with Crippen LogP contribution in [0.25, 0.3) is 6.08 Å². The Balaban J connectivity index is 1.99. The predicted molar refractivity (Wildman–Crippen MR) is 132 cm³/mol. The van der Waals surface area contributed by atoms with Gasteiger partial charge >= 0.3 is 0 Å². The molecule has 1 fully saturated rings. The van der Waals surface area contributed by atoms with Gasteiger partial charge in [0.25, 0.3) is 0 Å². The van der Waals surface area contributed by atoms with Crippen molar-refractivity contribution in [2.75, 3.05) is 27.4 Å². The smallest absolute Gasteiger partial charge is 0.229 e. The summed E-state index contributed by atoms with van der Waals surface area (Å²) in [6.07, 6.45) is -6.79. The molecule has 0 aliphatic carbocycles. The van der Waals surface area contributed by atoms with E-state index in [0.29, 0.717) is 5.56 Å². The summed E-state index contributed by atoms with van der Waals surface area (Å²) in [5, 5.41) is 70.2. The zero-order valence-electron chi connectivity index (χ0n) is 20.8. The standard InChI is InChI=1S/C26H32O12/c1-35-19-10-14(5-6-16(19)29)17(30)11-18(31)15-8-13(4-3-7-27)9-20(36-2)25(15)38-26-24(34)23(33)22(32)21(12-28)37-26/h3-6,8-10,18,21-24,26-29,31-34H,7,11-12H2,1-2H3/b4-3+/t18?,21-,22-,23+,24-,26-/m1/s1. The monoisotopic (exact) mass is 536 g/mol. The molecule has 3 rings (SSSR count). The molecule has 0 aromatic heterocycles. The van der Waals surface area contributed by atoms with Crippen LogP contribution in [-0.4, -0.2) is 99.7 Å². The molecular weight excluding hydrogens is 504 g/mol. The minimum absolute atomic E-state index is 0.0537. The highest BCUT2D eigenvalue weighted by Crippen LogP contribution is 2.40. The zero-order valence-corrected chi connectivity index (χ0v) is 20.8. The normalized spacial score (nSPS) is 24.3. The summed E-state index contributed by atoms with van der Waals surface area (Å²) in [7, 11) is 2.65. The van der Waals surface area contributed by atoms with Crippen molar-refractivity contribution in [1.29, 1.82) is 0 Å². The third-order valence-electron chi connectivity index (χ3n) is 6.06. The zero-order chi connectivity index (χ0) is 28.0. The van der Waals surface area contributed by atoms with Gasteiger partial charge in [0.15, 0.2) is 28.8 Å². The van der Waals surface area contributed by atoms with E-state index in [1.54, 1.807) is 6.08 Å². The number of carbonyl (C=O) groups is 1. The van der Waals surface area contributed by atoms with Crippen molar-refractivity contribution in [2.45, 2.75) is 43.2 Å². The number of aliphatic hydroxyl groups is 6. The van der Waals surface area contributed by atoms with Gasteiger partial charge in [0.05, 0.1) is 33.5 Å². The largest absolute Gasteiger partial charge is 0.504 e. The molecular formula is C26H32O12. The SMILES string of the molecule is COc1cc(C(=O)CC(O)c2cc(/C=C/CO)cc(OC)c2O[C@H]2O[C@H](CO)[C@@H](O)[C@H](O)[C@H]2O)ccc1O. The second-order valence-electron chi connectivity index (χ2n) is 8.57. The highest BCUT2D eigenvalue weighted by atomic mass is 16.7. The molecule has 2 aromatic carbocycles. The summed E-state index contributed by atoms with van der Waals surface area (Å²) in [6.45, 7) is -0.933. The number of methoxy groups -OCH3 is 2. The summed E-state index contributed by atoms with van der Waals surface area (Å²) in [4.78, 5) is 13.0. The fourth-order valence-electron chi connectivity index (χ4n) is 3.99. The molecule has 0 radical (unpaired) electrons. The molecule has 208 valence electrons. The van der Waals surface area contributed by atoms with Gasteiger partial charge in [-0.3, -0.25) is 4.79 Å². The van der Waals surface area contributed by atoms with Crippen LogP contribution in [0.3, 0.4) is 0 Å². The van der Waals surface area contributed by atoms with Gasteiger partial charge in [-0.2, -0.15) is 0 Å². The molecule has 6 atom stereocenters. The fraction of sp³-hybridized carbons (Fsp3) is 0.423. The third kappa shape index (κ3) is 6.42. The van der Waals surface area contributed by atoms with Crippen LogP contribution in [0.15, 0.2) is 36.4 Å². The summed E-state index contributed by atoms with van der Waals surface area (Å²) >= 11 is 0. The van der Waals surface area contributed by atoms with Crippen molar-refractivity contribution >= 4 is 11.9 Å². The van der Waals surface area contributed by atoms with Crippen LogP contribution in [0.5, 0.6) is 23.0 Å². The molecule has 2 aromatic rings. The molecule has 0 amide bonds. The van der Waals surface area contributed by atoms with Gasteiger partial charge in [0.2, 0.25) is 6.29 Å². The number of Topliss-reactive ketones (excluding diaryl/α,β-unsaturated/α-hetero) is 1. The number of aliphatic hydroxyl groups excluding tert-OH is 6. The molecule has 1 saturated heterocycles. The van der Waals surface area contributed by atoms with E-state index in [2.05, 4.69) is 0 Å². The highest BCUT2D eigenvalue weighted by Gasteiger charge is 2.45. The van der Waals surface area contributed by atoms with E-state index >= 15 is 0 Å². The van der Waals surface area contributed by atoms with Crippen LogP contribution in [0.2, 0.25) is 0 Å². The van der Waals surface area contributed by atoms with Gasteiger partial charge in [-0.25, -0.2) is 0 Å². The van der Waals surface area contributed by atoms with Crippen LogP contribution in [0, 0.1) is 0 Å². The van der Waals surface area contributed by atoms with Crippen LogP contribution >= 0.6 is 0 Å². The molecule has 1 unspecified atom stereocenters. The fourth-order valence-corrected chi connectivity index (χ4v) is 3.99. The maximum atomic E-state index is 13.0. The first-order chi connectivity index (χ1) is 18.1. The average molecular weight is 537 g/mol. The van der Waals surface area contributed by atoms with Gasteiger partial charge in [0, 0.05) is 17.5 Å². The number of aromatic hydroxyl groups is 1. The number of phenols is 1. The average Bonchev–Trinajstić information content (AvgIpc) is 2.92. The second-order valence-corrected chi connectivity index (χ2v) is 8.57. The van der Waals surface area contributed by atoms with E-state index in [1.807, 2.05) is 0 Å². The lowest BCUT2D eigenvalue weighted by Gasteiger charge is -2.40. The first-order valence-corrected chi connectivity index (χ1v) is 11.7. The van der Waals surface area contributed by atoms with E-state index in [0.717, 1.165) is 0 Å². The van der Waals surface area contributed by atoms with Gasteiger partial charge in [-0.05, 0) is 35.9 Å². The molecule has 0 saturated carbocycles. The minimum atomic E-state index is -1.73. The van der Waals surface area contributed by atoms with Gasteiger partial charge in [-0.1, -0.05) is 12.2 Å². The number of phenolic OH excluding ortho intramolecular Hbond substituents is 1. The number of ketones is 1. The van der Waals surface area contributed by atoms with Gasteiger partial charge in [-0.15, -0.1) is 0 Å². The minimum Gasteiger partial charge on any atom is -0.504 e. The van der Waals surface area contributed by atoms with Crippen LogP contribution in [0.1, 0.15) is 34.0 Å². The number of carbonyl (C=O) groups excluding carboxylic acids is 1. The maximum Gasteiger partial charge on any atom is 0.229 e. The van der Waals surface area contributed by atoms with E-state index in [9.17, 15) is 35.4 Å². The van der Waals surface area contributed by atoms with Crippen molar-refractivity contribution in [2.24, 2.45) is 0 Å². The van der Waals surface area contributed by atoms with Crippen molar-refractivity contribution in [1.82, 2.24) is 0 Å². The Hall–Kier alpha value is -3.23. The molecule has 0 spiro atoms. The Morgan fingerprint density at radius 2 is 1.74 bits per heavy atom. The Morgan fingerprint density at radius 1 is 1.03 bits per heavy atom. The van der Waals surface area contributed by atoms with Crippen molar-refractivity contribution < 1.29 is 59.5 Å². The highest BCUT2D eigenvalue weighted by molar-refractivity contribution is 5.97. The Kier molecular flexibility index (Phi) is 10.1. The summed E-state index contributed by atoms with van der Waals surface area (Å²) < 4.78 is 21.7. The predicted octanol–water partition coefficient (Wildman–Crippen LogP) is -0.100. The number of ether oxygens (including phenoxy) is 4. The summed E-state index contributed by atoms with van der Waals surface area (Å²) in [5.41, 5.74) is 0.696. The van der Waals surface area contributed by atoms with E-state index in [-0.39, 0.29) is 40.7 Å². The van der Waals surface area contributed by atoms with Crippen molar-refractivity contribution in [3.05, 3.63) is 53.1 Å². The first kappa shape index (κ1) is 29.3. The third-order valence-corrected chi connectivity index (χ3v) is 6.06. The first-order valence-electron chi connectivity index (χ1n) is 11.7. The lowest BCUT2D eigenvalue weighted by atomic mass is 9.96. The number of rotatable bonds is 11. The van der Waals surface area contributed by atoms with Gasteiger partial charge < -0.3 is 54.7 Å². The van der Waals surface area contributed by atoms with E-state index < -0.39 is 55.6 Å². The quantitative estimate of drug-likeness (QED) is 0.189. The number of hydrogen-bond acceptors (Lipinski definition) is 12. The molecule has 1 aliphatic heterocycles. The molecule has 12 nitrogen and oxygen atoms in total. The van der Waals surface area contributed by atoms with Crippen LogP contribution in [0.4, 0.5) is 0 Å². The second kappa shape index (κ2) is 13.0. The number of benzene rings is 2. The maximum absolute atomic E-state index is 13.0. The molecule has 0 bridgehead atoms. The van der Waals surface area contributed by atoms with E-state index in [1.165, 1.54) is 50.6 Å². The topological polar surface area (TPSA) is 196 Å². The number of hydrogen-bond donors (Lipinski definition) is 7. The Labute approximate surface area is 218 Å². The molecule has 12 heteroatoms. The summed E-state index contributed by atoms with van der Waals surface area (Å²) in [5.74, 6) is -0.635. The lowest BCUT2D eigenvalue weighted by Crippen LogP contribution is -2.60. The van der Waals surface area contributed by atoms with Crippen molar-refractivity contribution in [3.8, 4) is 23.0 Å². The van der Waals surface area contributed by atoms with Crippen molar-refractivity contribution in [3.63, 3.8) is 0 Å². The van der Waals surface area contributed by atoms with Crippen LogP contribution < -0.4 is 14.2 Å². The molecule has 1 heterocycles. The van der Waals surface area contributed by atoms with Gasteiger partial charge in [0.1, 0.15) is 24.4 Å². The summed E-state index contributed by atoms with van der Waals surface area (Å²) in [6, 6.07) is 6.98. The molecule has 7 N–H and O–H groups in total. The Bertz CT molecular complexity index is 1130. The molecule has 38 heavy (non-hydrogen) atoms. The van der Waals surface area contributed by atoms with E-state index in [4.69, 9.17) is 24.1 Å².